The summed E-state index contributed by atoms with van der Waals surface area (Å²) in [5, 5.41) is 2.63. The van der Waals surface area contributed by atoms with Gasteiger partial charge >= 0.3 is 0 Å². The van der Waals surface area contributed by atoms with E-state index in [0.717, 1.165) is 5.69 Å². The molecule has 0 aromatic carbocycles. The molecule has 4 heteroatoms. The third kappa shape index (κ3) is 3.53. The summed E-state index contributed by atoms with van der Waals surface area (Å²) >= 11 is 0. The zero-order chi connectivity index (χ0) is 12.0. The number of hydrogen-bond donors (Lipinski definition) is 1. The van der Waals surface area contributed by atoms with Crippen molar-refractivity contribution in [3.05, 3.63) is 17.8 Å². The van der Waals surface area contributed by atoms with Gasteiger partial charge in [-0.3, -0.25) is 4.79 Å². The Kier molecular flexibility index (Phi) is 4.76. The zero-order valence-electron chi connectivity index (χ0n) is 10.0. The Bertz CT molecular complexity index is 362. The molecule has 4 nitrogen and oxygen atoms in total. The van der Waals surface area contributed by atoms with Crippen LogP contribution in [0.3, 0.4) is 0 Å². The number of nitrogens with one attached hydrogen (secondary N) is 1. The lowest BCUT2D eigenvalue weighted by Crippen LogP contribution is -2.26. The maximum Gasteiger partial charge on any atom is 0.263 e. The average molecular weight is 222 g/mol. The van der Waals surface area contributed by atoms with Gasteiger partial charge in [0.25, 0.3) is 5.91 Å². The fourth-order valence-electron chi connectivity index (χ4n) is 1.06. The molecule has 88 valence electrons. The predicted molar refractivity (Wildman–Crippen MR) is 63.7 cm³/mol. The number of aromatic nitrogens is 1. The highest BCUT2D eigenvalue weighted by Gasteiger charge is 2.16. The number of anilines is 1. The molecule has 0 bridgehead atoms. The predicted octanol–water partition coefficient (Wildman–Crippen LogP) is 2.53. The van der Waals surface area contributed by atoms with Crippen molar-refractivity contribution in [2.45, 2.75) is 33.6 Å². The Morgan fingerprint density at radius 3 is 2.69 bits per heavy atom. The summed E-state index contributed by atoms with van der Waals surface area (Å²) in [4.78, 5) is 15.0. The monoisotopic (exact) mass is 222 g/mol. The largest absolute Gasteiger partial charge is 0.480 e. The molecule has 2 heterocycles. The van der Waals surface area contributed by atoms with Crippen LogP contribution in [0.2, 0.25) is 0 Å². The topological polar surface area (TPSA) is 51.2 Å². The smallest absolute Gasteiger partial charge is 0.263 e. The molecule has 1 N–H and O–H groups in total. The second kappa shape index (κ2) is 6.10. The van der Waals surface area contributed by atoms with Gasteiger partial charge in [0.15, 0.2) is 18.2 Å². The van der Waals surface area contributed by atoms with Gasteiger partial charge in [0.1, 0.15) is 0 Å². The van der Waals surface area contributed by atoms with Crippen molar-refractivity contribution >= 4 is 11.7 Å². The molecule has 0 saturated carbocycles. The Labute approximate surface area is 96.0 Å². The Balaban J connectivity index is 0.000000280. The number of fused-ring (bicyclic) bond motifs is 1. The molecule has 0 atom stereocenters. The molecule has 0 fully saturated rings. The summed E-state index contributed by atoms with van der Waals surface area (Å²) in [5.74, 6) is 1.01. The molecule has 0 saturated heterocycles. The van der Waals surface area contributed by atoms with E-state index in [-0.39, 0.29) is 12.5 Å². The molecule has 0 aliphatic carbocycles. The van der Waals surface area contributed by atoms with Crippen LogP contribution in [0.5, 0.6) is 5.75 Å². The first kappa shape index (κ1) is 12.5. The molecule has 0 unspecified atom stereocenters. The molecule has 1 aromatic heterocycles. The number of pyridine rings is 1. The van der Waals surface area contributed by atoms with Gasteiger partial charge < -0.3 is 10.1 Å². The second-order valence-electron chi connectivity index (χ2n) is 3.64. The molecule has 2 rings (SSSR count). The molecule has 1 aromatic rings. The van der Waals surface area contributed by atoms with Gasteiger partial charge in [0, 0.05) is 5.69 Å². The minimum absolute atomic E-state index is 0.0811. The first-order chi connectivity index (χ1) is 7.67. The number of nitrogens with zero attached hydrogens (tertiary/aromatic N) is 1. The van der Waals surface area contributed by atoms with Crippen LogP contribution in [0.4, 0.5) is 5.82 Å². The number of carbonyl (C=O) groups excluding carboxylic acids is 1. The van der Waals surface area contributed by atoms with E-state index in [4.69, 9.17) is 4.74 Å². The van der Waals surface area contributed by atoms with Gasteiger partial charge in [-0.2, -0.15) is 0 Å². The number of rotatable bonds is 1. The first-order valence-electron chi connectivity index (χ1n) is 5.57. The molecule has 0 radical (unpaired) electrons. The highest BCUT2D eigenvalue weighted by atomic mass is 16.5. The number of aryl methyl sites for hydroxylation is 1. The minimum atomic E-state index is -0.152. The molecule has 0 spiro atoms. The first-order valence-corrected chi connectivity index (χ1v) is 5.57. The Hall–Kier alpha value is -1.58. The van der Waals surface area contributed by atoms with Crippen LogP contribution in [0, 0.1) is 6.92 Å². The molecular formula is C12H18N2O2. The van der Waals surface area contributed by atoms with E-state index in [1.54, 1.807) is 6.07 Å². The maximum absolute atomic E-state index is 10.9. The SMILES string of the molecule is CCCC.Cc1ccc2c(n1)NC(=O)CO2. The van der Waals surface area contributed by atoms with E-state index in [0.29, 0.717) is 11.6 Å². The lowest BCUT2D eigenvalue weighted by Gasteiger charge is -2.16. The Morgan fingerprint density at radius 1 is 1.38 bits per heavy atom. The normalized spacial score (nSPS) is 12.8. The summed E-state index contributed by atoms with van der Waals surface area (Å²) < 4.78 is 5.12. The van der Waals surface area contributed by atoms with E-state index >= 15 is 0 Å². The summed E-state index contributed by atoms with van der Waals surface area (Å²) in [6.45, 7) is 6.30. The van der Waals surface area contributed by atoms with Crippen molar-refractivity contribution in [1.29, 1.82) is 0 Å². The number of unbranched alkanes of at least 4 members (excludes halogenated alkanes) is 1. The van der Waals surface area contributed by atoms with Crippen LogP contribution < -0.4 is 10.1 Å². The summed E-state index contributed by atoms with van der Waals surface area (Å²) in [6.07, 6.45) is 2.64. The van der Waals surface area contributed by atoms with Crippen LogP contribution in [0.25, 0.3) is 0 Å². The van der Waals surface area contributed by atoms with Crippen molar-refractivity contribution in [2.75, 3.05) is 11.9 Å². The summed E-state index contributed by atoms with van der Waals surface area (Å²) in [5.41, 5.74) is 0.861. The average Bonchev–Trinajstić information content (AvgIpc) is 2.29. The van der Waals surface area contributed by atoms with E-state index in [9.17, 15) is 4.79 Å². The highest BCUT2D eigenvalue weighted by Crippen LogP contribution is 2.24. The third-order valence-electron chi connectivity index (χ3n) is 2.11. The second-order valence-corrected chi connectivity index (χ2v) is 3.64. The summed E-state index contributed by atoms with van der Waals surface area (Å²) in [7, 11) is 0. The van der Waals surface area contributed by atoms with Crippen LogP contribution in [-0.2, 0) is 4.79 Å². The highest BCUT2D eigenvalue weighted by molar-refractivity contribution is 5.94. The zero-order valence-corrected chi connectivity index (χ0v) is 10.0. The van der Waals surface area contributed by atoms with Crippen LogP contribution in [0.15, 0.2) is 12.1 Å². The molecule has 1 aliphatic rings. The number of carbonyl (C=O) groups is 1. The molecule has 1 amide bonds. The van der Waals surface area contributed by atoms with E-state index in [2.05, 4.69) is 24.1 Å². The Morgan fingerprint density at radius 2 is 2.06 bits per heavy atom. The van der Waals surface area contributed by atoms with Crippen molar-refractivity contribution in [3.8, 4) is 5.75 Å². The van der Waals surface area contributed by atoms with E-state index in [1.807, 2.05) is 13.0 Å². The van der Waals surface area contributed by atoms with Crippen molar-refractivity contribution in [1.82, 2.24) is 4.98 Å². The van der Waals surface area contributed by atoms with Gasteiger partial charge in [0.05, 0.1) is 0 Å². The third-order valence-corrected chi connectivity index (χ3v) is 2.11. The lowest BCUT2D eigenvalue weighted by molar-refractivity contribution is -0.118. The van der Waals surface area contributed by atoms with Gasteiger partial charge in [-0.1, -0.05) is 26.7 Å². The van der Waals surface area contributed by atoms with Crippen LogP contribution in [0.1, 0.15) is 32.4 Å². The molecule has 16 heavy (non-hydrogen) atoms. The molecular weight excluding hydrogens is 204 g/mol. The number of amides is 1. The minimum Gasteiger partial charge on any atom is -0.480 e. The standard InChI is InChI=1S/C8H8N2O2.C4H10/c1-5-2-3-6-8(9-5)10-7(11)4-12-6;1-3-4-2/h2-3H,4H2,1H3,(H,9,10,11);3-4H2,1-2H3. The van der Waals surface area contributed by atoms with Gasteiger partial charge in [-0.25, -0.2) is 4.98 Å². The quantitative estimate of drug-likeness (QED) is 0.794. The molecule has 1 aliphatic heterocycles. The van der Waals surface area contributed by atoms with Crippen LogP contribution >= 0.6 is 0 Å². The van der Waals surface area contributed by atoms with Crippen molar-refractivity contribution < 1.29 is 9.53 Å². The van der Waals surface area contributed by atoms with Crippen LogP contribution in [-0.4, -0.2) is 17.5 Å². The van der Waals surface area contributed by atoms with E-state index in [1.165, 1.54) is 12.8 Å². The van der Waals surface area contributed by atoms with E-state index < -0.39 is 0 Å². The van der Waals surface area contributed by atoms with Crippen molar-refractivity contribution in [2.24, 2.45) is 0 Å². The lowest BCUT2D eigenvalue weighted by atomic mass is 10.3. The fourth-order valence-corrected chi connectivity index (χ4v) is 1.06. The number of hydrogen-bond acceptors (Lipinski definition) is 3. The van der Waals surface area contributed by atoms with Gasteiger partial charge in [-0.15, -0.1) is 0 Å². The van der Waals surface area contributed by atoms with Crippen molar-refractivity contribution in [3.63, 3.8) is 0 Å². The van der Waals surface area contributed by atoms with Gasteiger partial charge in [0.2, 0.25) is 0 Å². The fraction of sp³-hybridized carbons (Fsp3) is 0.500. The van der Waals surface area contributed by atoms with Gasteiger partial charge in [-0.05, 0) is 19.1 Å². The maximum atomic E-state index is 10.9. The number of ether oxygens (including phenoxy) is 1. The summed E-state index contributed by atoms with van der Waals surface area (Å²) in [6, 6.07) is 3.65.